The molecule has 1 heterocycles. The van der Waals surface area contributed by atoms with Gasteiger partial charge in [-0.05, 0) is 102 Å². The van der Waals surface area contributed by atoms with Crippen LogP contribution in [0.4, 0.5) is 23.1 Å². The third kappa shape index (κ3) is 7.30. The van der Waals surface area contributed by atoms with Gasteiger partial charge < -0.3 is 20.3 Å². The van der Waals surface area contributed by atoms with Crippen molar-refractivity contribution in [2.75, 3.05) is 38.8 Å². The highest BCUT2D eigenvalue weighted by Crippen LogP contribution is 2.40. The molecule has 0 spiro atoms. The minimum absolute atomic E-state index is 0.0194. The monoisotopic (exact) mass is 600 g/mol. The van der Waals surface area contributed by atoms with Crippen LogP contribution in [0.25, 0.3) is 0 Å². The normalized spacial score (nSPS) is 17.7. The molecule has 1 aromatic heterocycles. The fraction of sp³-hybridized carbons (Fsp3) is 0.467. The van der Waals surface area contributed by atoms with Crippen LogP contribution >= 0.6 is 11.6 Å². The van der Waals surface area contributed by atoms with Gasteiger partial charge in [0.1, 0.15) is 15.7 Å². The van der Waals surface area contributed by atoms with Crippen molar-refractivity contribution in [3.8, 4) is 5.75 Å². The second kappa shape index (κ2) is 12.9. The molecule has 0 amide bonds. The molecule has 4 rings (SSSR count). The molecule has 1 saturated carbocycles. The summed E-state index contributed by atoms with van der Waals surface area (Å²) in [4.78, 5) is 11.4. The van der Waals surface area contributed by atoms with Gasteiger partial charge in [-0.2, -0.15) is 4.98 Å². The fourth-order valence-electron chi connectivity index (χ4n) is 5.25. The van der Waals surface area contributed by atoms with Crippen LogP contribution in [0.5, 0.6) is 5.75 Å². The zero-order valence-electron chi connectivity index (χ0n) is 24.9. The molecule has 9 nitrogen and oxygen atoms in total. The minimum Gasteiger partial charge on any atom is -0.489 e. The number of aromatic nitrogens is 2. The maximum atomic E-state index is 12.9. The fourth-order valence-corrected chi connectivity index (χ4v) is 6.43. The molecule has 0 radical (unpaired) electrons. The van der Waals surface area contributed by atoms with Crippen LogP contribution in [0, 0.1) is 6.92 Å². The van der Waals surface area contributed by atoms with Crippen LogP contribution in [0.2, 0.25) is 5.02 Å². The highest BCUT2D eigenvalue weighted by molar-refractivity contribution is 7.89. The van der Waals surface area contributed by atoms with Gasteiger partial charge in [0, 0.05) is 20.1 Å². The number of benzene rings is 2. The molecule has 3 aromatic rings. The van der Waals surface area contributed by atoms with Gasteiger partial charge in [-0.25, -0.2) is 17.7 Å². The van der Waals surface area contributed by atoms with Gasteiger partial charge in [0.25, 0.3) is 0 Å². The van der Waals surface area contributed by atoms with E-state index in [9.17, 15) is 8.42 Å². The molecule has 2 N–H and O–H groups in total. The van der Waals surface area contributed by atoms with Gasteiger partial charge in [-0.1, -0.05) is 23.7 Å². The number of hydrogen-bond donors (Lipinski definition) is 2. The maximum absolute atomic E-state index is 12.9. The third-order valence-electron chi connectivity index (χ3n) is 7.49. The number of nitrogens with zero attached hydrogens (tertiary/aromatic N) is 4. The van der Waals surface area contributed by atoms with E-state index in [0.717, 1.165) is 28.6 Å². The summed E-state index contributed by atoms with van der Waals surface area (Å²) in [6.45, 7) is 6.15. The zero-order valence-corrected chi connectivity index (χ0v) is 26.5. The predicted molar refractivity (Wildman–Crippen MR) is 167 cm³/mol. The van der Waals surface area contributed by atoms with E-state index in [1.165, 1.54) is 44.3 Å². The number of ether oxygens (including phenoxy) is 1. The van der Waals surface area contributed by atoms with E-state index in [0.29, 0.717) is 23.6 Å². The van der Waals surface area contributed by atoms with Crippen LogP contribution in [-0.2, 0) is 10.0 Å². The number of rotatable bonds is 10. The van der Waals surface area contributed by atoms with Crippen LogP contribution in [-0.4, -0.2) is 67.9 Å². The van der Waals surface area contributed by atoms with Gasteiger partial charge in [0.05, 0.1) is 23.7 Å². The molecular weight excluding hydrogens is 560 g/mol. The van der Waals surface area contributed by atoms with E-state index in [2.05, 4.69) is 58.7 Å². The highest BCUT2D eigenvalue weighted by Gasteiger charge is 2.26. The van der Waals surface area contributed by atoms with Gasteiger partial charge >= 0.3 is 0 Å². The Labute approximate surface area is 249 Å². The van der Waals surface area contributed by atoms with E-state index in [1.807, 2.05) is 13.8 Å². The van der Waals surface area contributed by atoms with Crippen molar-refractivity contribution in [2.24, 2.45) is 0 Å². The average molecular weight is 601 g/mol. The molecule has 1 aliphatic rings. The lowest BCUT2D eigenvalue weighted by Gasteiger charge is -2.33. The Kier molecular flexibility index (Phi) is 9.79. The summed E-state index contributed by atoms with van der Waals surface area (Å²) in [6, 6.07) is 11.5. The highest BCUT2D eigenvalue weighted by atomic mass is 35.5. The summed E-state index contributed by atoms with van der Waals surface area (Å²) in [5.41, 5.74) is 3.63. The van der Waals surface area contributed by atoms with E-state index in [4.69, 9.17) is 16.3 Å². The van der Waals surface area contributed by atoms with Crippen LogP contribution < -0.4 is 15.4 Å². The molecule has 11 heteroatoms. The van der Waals surface area contributed by atoms with Crippen molar-refractivity contribution in [1.82, 2.24) is 19.2 Å². The van der Waals surface area contributed by atoms with E-state index in [1.54, 1.807) is 24.3 Å². The van der Waals surface area contributed by atoms with Crippen molar-refractivity contribution >= 4 is 44.8 Å². The second-order valence-electron chi connectivity index (χ2n) is 11.3. The van der Waals surface area contributed by atoms with Crippen molar-refractivity contribution in [2.45, 2.75) is 69.4 Å². The van der Waals surface area contributed by atoms with Gasteiger partial charge in [0.2, 0.25) is 16.0 Å². The summed E-state index contributed by atoms with van der Waals surface area (Å²) in [6.07, 6.45) is 6.13. The smallest absolute Gasteiger partial charge is 0.244 e. The maximum Gasteiger partial charge on any atom is 0.244 e. The summed E-state index contributed by atoms with van der Waals surface area (Å²) in [5.74, 6) is 1.82. The molecule has 0 unspecified atom stereocenters. The average Bonchev–Trinajstić information content (AvgIpc) is 2.92. The summed E-state index contributed by atoms with van der Waals surface area (Å²) in [7, 11) is 3.61. The Balaban J connectivity index is 1.63. The largest absolute Gasteiger partial charge is 0.489 e. The number of para-hydroxylation sites is 1. The Morgan fingerprint density at radius 3 is 2.32 bits per heavy atom. The Morgan fingerprint density at radius 2 is 1.68 bits per heavy atom. The first kappa shape index (κ1) is 31.0. The van der Waals surface area contributed by atoms with Crippen molar-refractivity contribution < 1.29 is 13.2 Å². The van der Waals surface area contributed by atoms with E-state index < -0.39 is 10.0 Å². The number of hydrogen-bond acceptors (Lipinski definition) is 8. The Bertz CT molecular complexity index is 1470. The van der Waals surface area contributed by atoms with E-state index in [-0.39, 0.29) is 21.8 Å². The third-order valence-corrected chi connectivity index (χ3v) is 9.64. The van der Waals surface area contributed by atoms with Crippen LogP contribution in [0.15, 0.2) is 47.5 Å². The second-order valence-corrected chi connectivity index (χ2v) is 13.8. The van der Waals surface area contributed by atoms with Gasteiger partial charge in [0.15, 0.2) is 5.82 Å². The topological polar surface area (TPSA) is 99.7 Å². The molecule has 222 valence electrons. The molecule has 1 fully saturated rings. The summed E-state index contributed by atoms with van der Waals surface area (Å²) < 4.78 is 33.2. The van der Waals surface area contributed by atoms with Gasteiger partial charge in [-0.15, -0.1) is 0 Å². The molecule has 2 aromatic carbocycles. The zero-order chi connectivity index (χ0) is 29.9. The quantitative estimate of drug-likeness (QED) is 0.270. The number of aryl methyl sites for hydroxylation is 1. The van der Waals surface area contributed by atoms with Crippen LogP contribution in [0.1, 0.15) is 56.6 Å². The number of halogens is 1. The molecule has 0 atom stereocenters. The lowest BCUT2D eigenvalue weighted by Crippen LogP contribution is -2.31. The standard InChI is InChI=1S/C30H41ClN6O3S/c1-19(2)40-27-17-23(21-12-14-22(15-13-21)36(4)5)20(3)16-26(27)34-30-32-18-24(31)29(35-30)33-25-10-8-9-11-28(25)41(38,39)37(6)7/h8-11,16-19,21-22H,12-15H2,1-7H3,(H2,32,33,34,35)/t21-,22-. The van der Waals surface area contributed by atoms with Gasteiger partial charge in [-0.3, -0.25) is 0 Å². The predicted octanol–water partition coefficient (Wildman–Crippen LogP) is 6.55. The first-order chi connectivity index (χ1) is 19.4. The van der Waals surface area contributed by atoms with Crippen molar-refractivity contribution in [3.05, 3.63) is 58.7 Å². The lowest BCUT2D eigenvalue weighted by atomic mass is 9.80. The Morgan fingerprint density at radius 1 is 1.00 bits per heavy atom. The lowest BCUT2D eigenvalue weighted by molar-refractivity contribution is 0.215. The number of sulfonamides is 1. The molecule has 0 bridgehead atoms. The first-order valence-corrected chi connectivity index (χ1v) is 15.7. The van der Waals surface area contributed by atoms with Crippen molar-refractivity contribution in [1.29, 1.82) is 0 Å². The molecule has 0 saturated heterocycles. The number of nitrogens with one attached hydrogen (secondary N) is 2. The van der Waals surface area contributed by atoms with Crippen molar-refractivity contribution in [3.63, 3.8) is 0 Å². The molecule has 1 aliphatic carbocycles. The molecule has 41 heavy (non-hydrogen) atoms. The van der Waals surface area contributed by atoms with Crippen LogP contribution in [0.3, 0.4) is 0 Å². The first-order valence-electron chi connectivity index (χ1n) is 13.9. The molecule has 0 aliphatic heterocycles. The Hall–Kier alpha value is -2.92. The SMILES string of the molecule is Cc1cc(Nc2ncc(Cl)c(Nc3ccccc3S(=O)(=O)N(C)C)n2)c(OC(C)C)cc1[C@H]1CC[C@H](N(C)C)CC1. The summed E-state index contributed by atoms with van der Waals surface area (Å²) in [5, 5.41) is 6.65. The summed E-state index contributed by atoms with van der Waals surface area (Å²) >= 11 is 6.44. The number of anilines is 4. The van der Waals surface area contributed by atoms with E-state index >= 15 is 0 Å². The minimum atomic E-state index is -3.69. The molecular formula is C30H41ClN6O3S.